The number of hydrogen-bond donors (Lipinski definition) is 0. The number of benzene rings is 2. The van der Waals surface area contributed by atoms with Crippen molar-refractivity contribution in [1.29, 1.82) is 0 Å². The van der Waals surface area contributed by atoms with E-state index < -0.39 is 12.2 Å². The van der Waals surface area contributed by atoms with E-state index in [1.165, 1.54) is 0 Å². The normalized spacial score (nSPS) is 10.5. The molecule has 0 spiro atoms. The molecule has 0 aliphatic rings. The first kappa shape index (κ1) is 23.3. The van der Waals surface area contributed by atoms with Crippen LogP contribution in [0.5, 0.6) is 11.5 Å². The fourth-order valence-corrected chi connectivity index (χ4v) is 3.25. The Hall–Kier alpha value is -3.02. The third-order valence-corrected chi connectivity index (χ3v) is 5.32. The highest BCUT2D eigenvalue weighted by Crippen LogP contribution is 2.43. The summed E-state index contributed by atoms with van der Waals surface area (Å²) in [5.41, 5.74) is 5.40. The van der Waals surface area contributed by atoms with Crippen molar-refractivity contribution in [2.75, 3.05) is 19.7 Å². The molecule has 2 aromatic carbocycles. The maximum absolute atomic E-state index is 12.7. The maximum atomic E-state index is 12.7. The Bertz CT molecular complexity index is 932. The molecule has 0 N–H and O–H groups in total. The zero-order valence-corrected chi connectivity index (χ0v) is 18.9. The van der Waals surface area contributed by atoms with Gasteiger partial charge in [-0.05, 0) is 82.9 Å². The Morgan fingerprint density at radius 2 is 1.23 bits per heavy atom. The summed E-state index contributed by atoms with van der Waals surface area (Å²) in [4.78, 5) is 26.3. The molecule has 0 atom stereocenters. The van der Waals surface area contributed by atoms with Crippen LogP contribution in [0.1, 0.15) is 43.0 Å². The van der Waals surface area contributed by atoms with Crippen molar-refractivity contribution in [3.8, 4) is 22.6 Å². The minimum Gasteiger partial charge on any atom is -0.434 e. The van der Waals surface area contributed by atoms with Gasteiger partial charge in [-0.15, -0.1) is 0 Å². The zero-order chi connectivity index (χ0) is 22.4. The first-order valence-corrected chi connectivity index (χ1v) is 10.3. The molecule has 30 heavy (non-hydrogen) atoms. The van der Waals surface area contributed by atoms with Crippen molar-refractivity contribution in [2.45, 2.75) is 48.5 Å². The molecular weight excluding hydrogens is 382 g/mol. The van der Waals surface area contributed by atoms with Gasteiger partial charge in [0.2, 0.25) is 0 Å². The Kier molecular flexibility index (Phi) is 7.86. The number of ether oxygens (including phenoxy) is 3. The predicted octanol–water partition coefficient (Wildman–Crippen LogP) is 5.96. The largest absolute Gasteiger partial charge is 0.513 e. The summed E-state index contributed by atoms with van der Waals surface area (Å²) in [5.74, 6) is 0.794. The summed E-state index contributed by atoms with van der Waals surface area (Å²) in [7, 11) is 0. The van der Waals surface area contributed by atoms with Crippen LogP contribution in [0.3, 0.4) is 0 Å². The second-order valence-electron chi connectivity index (χ2n) is 7.09. The fourth-order valence-electron chi connectivity index (χ4n) is 3.25. The van der Waals surface area contributed by atoms with Crippen LogP contribution in [-0.2, 0) is 4.74 Å². The van der Waals surface area contributed by atoms with Crippen molar-refractivity contribution >= 4 is 12.2 Å². The topological polar surface area (TPSA) is 65.1 Å². The average Bonchev–Trinajstić information content (AvgIpc) is 2.70. The molecule has 0 aromatic heterocycles. The molecule has 0 unspecified atom stereocenters. The molecule has 0 saturated carbocycles. The third-order valence-electron chi connectivity index (χ3n) is 5.32. The minimum atomic E-state index is -0.769. The smallest absolute Gasteiger partial charge is 0.434 e. The van der Waals surface area contributed by atoms with Crippen LogP contribution in [0.25, 0.3) is 11.1 Å². The van der Waals surface area contributed by atoms with E-state index in [0.717, 1.165) is 27.8 Å². The quantitative estimate of drug-likeness (QED) is 0.432. The molecule has 2 rings (SSSR count). The molecule has 0 saturated heterocycles. The molecule has 0 fully saturated rings. The Labute approximate surface area is 178 Å². The lowest BCUT2D eigenvalue weighted by molar-refractivity contribution is 0.104. The summed E-state index contributed by atoms with van der Waals surface area (Å²) in [6, 6.07) is 7.34. The summed E-state index contributed by atoms with van der Waals surface area (Å²) < 4.78 is 16.3. The molecule has 6 nitrogen and oxygen atoms in total. The Balaban J connectivity index is 2.68. The lowest BCUT2D eigenvalue weighted by Gasteiger charge is -2.22. The SMILES string of the molecule is CCOC(=O)Oc1ccc(C)c(C)c1-c1c(OC(=O)N(CC)CC)ccc(C)c1C. The maximum Gasteiger partial charge on any atom is 0.513 e. The molecule has 6 heteroatoms. The van der Waals surface area contributed by atoms with Gasteiger partial charge in [-0.3, -0.25) is 0 Å². The van der Waals surface area contributed by atoms with E-state index in [4.69, 9.17) is 14.2 Å². The lowest BCUT2D eigenvalue weighted by atomic mass is 9.90. The monoisotopic (exact) mass is 413 g/mol. The number of carbonyl (C=O) groups is 2. The molecule has 0 aliphatic heterocycles. The van der Waals surface area contributed by atoms with Gasteiger partial charge in [0.25, 0.3) is 0 Å². The molecule has 2 aromatic rings. The first-order valence-electron chi connectivity index (χ1n) is 10.3. The number of rotatable bonds is 6. The Morgan fingerprint density at radius 3 is 1.67 bits per heavy atom. The minimum absolute atomic E-state index is 0.217. The number of carbonyl (C=O) groups excluding carboxylic acids is 2. The summed E-state index contributed by atoms with van der Waals surface area (Å²) in [6.45, 7) is 14.8. The van der Waals surface area contributed by atoms with E-state index in [-0.39, 0.29) is 6.61 Å². The third kappa shape index (κ3) is 4.93. The molecule has 1 amide bonds. The van der Waals surface area contributed by atoms with E-state index >= 15 is 0 Å². The van der Waals surface area contributed by atoms with Crippen molar-refractivity contribution < 1.29 is 23.8 Å². The lowest BCUT2D eigenvalue weighted by Crippen LogP contribution is -2.33. The van der Waals surface area contributed by atoms with E-state index in [0.29, 0.717) is 30.2 Å². The number of hydrogen-bond acceptors (Lipinski definition) is 5. The average molecular weight is 414 g/mol. The molecule has 0 heterocycles. The van der Waals surface area contributed by atoms with Crippen LogP contribution < -0.4 is 9.47 Å². The van der Waals surface area contributed by atoms with Gasteiger partial charge in [0.05, 0.1) is 6.61 Å². The van der Waals surface area contributed by atoms with Gasteiger partial charge in [0, 0.05) is 24.2 Å². The standard InChI is InChI=1S/C24H31NO5/c1-8-25(9-2)23(26)29-19-13-11-15(4)17(6)21(19)22-18(7)16(5)12-14-20(22)30-24(27)28-10-3/h11-14H,8-10H2,1-7H3. The number of aryl methyl sites for hydroxylation is 2. The van der Waals surface area contributed by atoms with Gasteiger partial charge in [-0.25, -0.2) is 9.59 Å². The van der Waals surface area contributed by atoms with Gasteiger partial charge >= 0.3 is 12.2 Å². The Morgan fingerprint density at radius 1 is 0.767 bits per heavy atom. The van der Waals surface area contributed by atoms with Crippen molar-refractivity contribution in [2.24, 2.45) is 0 Å². The van der Waals surface area contributed by atoms with Gasteiger partial charge in [-0.2, -0.15) is 0 Å². The van der Waals surface area contributed by atoms with Crippen LogP contribution in [0.4, 0.5) is 9.59 Å². The molecule has 162 valence electrons. The van der Waals surface area contributed by atoms with Crippen molar-refractivity contribution in [3.05, 3.63) is 46.5 Å². The summed E-state index contributed by atoms with van der Waals surface area (Å²) >= 11 is 0. The van der Waals surface area contributed by atoms with E-state index in [1.807, 2.05) is 53.7 Å². The van der Waals surface area contributed by atoms with Gasteiger partial charge in [0.1, 0.15) is 11.5 Å². The highest BCUT2D eigenvalue weighted by molar-refractivity contribution is 5.86. The van der Waals surface area contributed by atoms with E-state index in [1.54, 1.807) is 24.0 Å². The van der Waals surface area contributed by atoms with E-state index in [9.17, 15) is 9.59 Å². The highest BCUT2D eigenvalue weighted by Gasteiger charge is 2.23. The number of amides is 1. The van der Waals surface area contributed by atoms with Crippen molar-refractivity contribution in [1.82, 2.24) is 4.90 Å². The number of nitrogens with zero attached hydrogens (tertiary/aromatic N) is 1. The van der Waals surface area contributed by atoms with Crippen LogP contribution in [0.15, 0.2) is 24.3 Å². The van der Waals surface area contributed by atoms with Crippen LogP contribution in [0, 0.1) is 27.7 Å². The zero-order valence-electron chi connectivity index (χ0n) is 18.9. The molecule has 0 radical (unpaired) electrons. The molecular formula is C24H31NO5. The fraction of sp³-hybridized carbons (Fsp3) is 0.417. The molecule has 0 bridgehead atoms. The van der Waals surface area contributed by atoms with Crippen LogP contribution >= 0.6 is 0 Å². The van der Waals surface area contributed by atoms with Gasteiger partial charge < -0.3 is 19.1 Å². The molecule has 0 aliphatic carbocycles. The highest BCUT2D eigenvalue weighted by atomic mass is 16.7. The summed E-state index contributed by atoms with van der Waals surface area (Å²) in [6.07, 6.45) is -1.18. The van der Waals surface area contributed by atoms with Gasteiger partial charge in [0.15, 0.2) is 0 Å². The predicted molar refractivity (Wildman–Crippen MR) is 117 cm³/mol. The second kappa shape index (κ2) is 10.1. The van der Waals surface area contributed by atoms with Crippen LogP contribution in [0.2, 0.25) is 0 Å². The van der Waals surface area contributed by atoms with Crippen molar-refractivity contribution in [3.63, 3.8) is 0 Å². The first-order chi connectivity index (χ1) is 14.2. The van der Waals surface area contributed by atoms with Gasteiger partial charge in [-0.1, -0.05) is 12.1 Å². The van der Waals surface area contributed by atoms with E-state index in [2.05, 4.69) is 0 Å². The second-order valence-corrected chi connectivity index (χ2v) is 7.09. The summed E-state index contributed by atoms with van der Waals surface area (Å²) in [5, 5.41) is 0. The van der Waals surface area contributed by atoms with Crippen LogP contribution in [-0.4, -0.2) is 36.8 Å².